The van der Waals surface area contributed by atoms with Crippen LogP contribution in [-0.4, -0.2) is 38.4 Å². The van der Waals surface area contributed by atoms with E-state index in [-0.39, 0.29) is 5.57 Å². The van der Waals surface area contributed by atoms with E-state index in [0.29, 0.717) is 25.3 Å². The van der Waals surface area contributed by atoms with E-state index in [1.807, 2.05) is 42.5 Å². The molecule has 0 amide bonds. The third-order valence-corrected chi connectivity index (χ3v) is 2.67. The van der Waals surface area contributed by atoms with Gasteiger partial charge in [0, 0.05) is 32.4 Å². The summed E-state index contributed by atoms with van der Waals surface area (Å²) in [5, 5.41) is 21.5. The van der Waals surface area contributed by atoms with Crippen molar-refractivity contribution in [2.75, 3.05) is 27.3 Å². The van der Waals surface area contributed by atoms with Gasteiger partial charge in [-0.05, 0) is 12.1 Å². The molecule has 0 N–H and O–H groups in total. The Labute approximate surface area is 130 Å². The maximum atomic E-state index is 8.88. The van der Waals surface area contributed by atoms with Gasteiger partial charge in [-0.1, -0.05) is 23.4 Å². The van der Waals surface area contributed by atoms with Crippen LogP contribution in [0.2, 0.25) is 0 Å². The quantitative estimate of drug-likeness (QED) is 0.318. The zero-order chi connectivity index (χ0) is 16.2. The highest BCUT2D eigenvalue weighted by atomic mass is 16.6. The Morgan fingerprint density at radius 2 is 1.86 bits per heavy atom. The highest BCUT2D eigenvalue weighted by Crippen LogP contribution is 2.09. The van der Waals surface area contributed by atoms with Gasteiger partial charge < -0.3 is 14.5 Å². The molecule has 0 heterocycles. The summed E-state index contributed by atoms with van der Waals surface area (Å²) in [7, 11) is 3.54. The minimum Gasteiger partial charge on any atom is -0.490 e. The molecule has 0 spiro atoms. The van der Waals surface area contributed by atoms with Crippen LogP contribution in [0.1, 0.15) is 6.42 Å². The molecule has 1 aromatic carbocycles. The Morgan fingerprint density at radius 1 is 1.18 bits per heavy atom. The van der Waals surface area contributed by atoms with Crippen LogP contribution in [0.25, 0.3) is 0 Å². The molecule has 0 fully saturated rings. The van der Waals surface area contributed by atoms with Crippen LogP contribution in [0.3, 0.4) is 0 Å². The average molecular weight is 298 g/mol. The number of para-hydroxylation sites is 1. The zero-order valence-electron chi connectivity index (χ0n) is 12.7. The van der Waals surface area contributed by atoms with Crippen molar-refractivity contribution in [2.45, 2.75) is 6.42 Å². The fourth-order valence-electron chi connectivity index (χ4n) is 1.60. The van der Waals surface area contributed by atoms with Crippen LogP contribution in [-0.2, 0) is 4.84 Å². The Balaban J connectivity index is 2.33. The lowest BCUT2D eigenvalue weighted by Crippen LogP contribution is -2.13. The largest absolute Gasteiger partial charge is 0.490 e. The molecule has 1 aromatic rings. The van der Waals surface area contributed by atoms with E-state index in [1.165, 1.54) is 6.21 Å². The fraction of sp³-hybridized carbons (Fsp3) is 0.312. The first kappa shape index (κ1) is 17.1. The van der Waals surface area contributed by atoms with Gasteiger partial charge in [0.25, 0.3) is 0 Å². The number of allylic oxidation sites excluding steroid dienone is 2. The van der Waals surface area contributed by atoms with Crippen LogP contribution in [0, 0.1) is 22.7 Å². The van der Waals surface area contributed by atoms with E-state index in [1.54, 1.807) is 19.0 Å². The number of rotatable bonds is 8. The molecule has 6 nitrogen and oxygen atoms in total. The lowest BCUT2D eigenvalue weighted by atomic mass is 10.2. The predicted molar refractivity (Wildman–Crippen MR) is 82.9 cm³/mol. The molecule has 1 rings (SSSR count). The number of hydrogen-bond acceptors (Lipinski definition) is 6. The summed E-state index contributed by atoms with van der Waals surface area (Å²) in [5.74, 6) is 0.778. The maximum absolute atomic E-state index is 8.88. The van der Waals surface area contributed by atoms with E-state index in [4.69, 9.17) is 20.1 Å². The van der Waals surface area contributed by atoms with Crippen molar-refractivity contribution >= 4 is 6.21 Å². The second kappa shape index (κ2) is 9.84. The number of benzene rings is 1. The molecular formula is C16H18N4O2. The summed E-state index contributed by atoms with van der Waals surface area (Å²) in [6.45, 7) is 0.704. The minimum atomic E-state index is 0.0730. The summed E-state index contributed by atoms with van der Waals surface area (Å²) in [6, 6.07) is 13.2. The molecule has 0 unspecified atom stereocenters. The van der Waals surface area contributed by atoms with Gasteiger partial charge >= 0.3 is 0 Å². The van der Waals surface area contributed by atoms with Gasteiger partial charge in [0.05, 0.1) is 0 Å². The average Bonchev–Trinajstić information content (AvgIpc) is 2.53. The smallest absolute Gasteiger partial charge is 0.151 e. The first-order chi connectivity index (χ1) is 10.7. The van der Waals surface area contributed by atoms with Crippen LogP contribution in [0.5, 0.6) is 5.75 Å². The molecule has 0 aliphatic carbocycles. The molecule has 22 heavy (non-hydrogen) atoms. The third-order valence-electron chi connectivity index (χ3n) is 2.67. The van der Waals surface area contributed by atoms with E-state index in [2.05, 4.69) is 5.16 Å². The molecule has 0 saturated heterocycles. The van der Waals surface area contributed by atoms with Crippen LogP contribution < -0.4 is 4.74 Å². The van der Waals surface area contributed by atoms with Crippen molar-refractivity contribution < 1.29 is 9.57 Å². The summed E-state index contributed by atoms with van der Waals surface area (Å²) < 4.78 is 5.44. The van der Waals surface area contributed by atoms with Crippen LogP contribution >= 0.6 is 0 Å². The van der Waals surface area contributed by atoms with Crippen LogP contribution in [0.15, 0.2) is 46.8 Å². The van der Waals surface area contributed by atoms with Gasteiger partial charge in [0.2, 0.25) is 0 Å². The van der Waals surface area contributed by atoms with Gasteiger partial charge in [0.1, 0.15) is 30.1 Å². The molecule has 0 atom stereocenters. The maximum Gasteiger partial charge on any atom is 0.151 e. The van der Waals surface area contributed by atoms with Gasteiger partial charge in [-0.25, -0.2) is 0 Å². The van der Waals surface area contributed by atoms with Crippen molar-refractivity contribution in [3.63, 3.8) is 0 Å². The molecule has 114 valence electrons. The number of ether oxygens (including phenoxy) is 1. The predicted octanol–water partition coefficient (Wildman–Crippen LogP) is 2.32. The first-order valence-electron chi connectivity index (χ1n) is 6.71. The number of oxime groups is 1. The SMILES string of the molecule is CN(C)C(C/C=N/OCCOc1ccccc1)=C(C#N)C#N. The summed E-state index contributed by atoms with van der Waals surface area (Å²) in [4.78, 5) is 6.78. The van der Waals surface area contributed by atoms with E-state index in [9.17, 15) is 0 Å². The second-order valence-corrected chi connectivity index (χ2v) is 4.43. The lowest BCUT2D eigenvalue weighted by Gasteiger charge is -2.14. The topological polar surface area (TPSA) is 81.6 Å². The lowest BCUT2D eigenvalue weighted by molar-refractivity contribution is 0.108. The van der Waals surface area contributed by atoms with E-state index >= 15 is 0 Å². The Bertz CT molecular complexity index is 579. The first-order valence-corrected chi connectivity index (χ1v) is 6.71. The molecule has 6 heteroatoms. The Hall–Kier alpha value is -2.99. The molecular weight excluding hydrogens is 280 g/mol. The molecule has 0 bridgehead atoms. The minimum absolute atomic E-state index is 0.0730. The fourth-order valence-corrected chi connectivity index (χ4v) is 1.60. The molecule has 0 aliphatic rings. The summed E-state index contributed by atoms with van der Waals surface area (Å²) in [6.07, 6.45) is 1.87. The highest BCUT2D eigenvalue weighted by molar-refractivity contribution is 5.62. The molecule has 0 radical (unpaired) electrons. The van der Waals surface area contributed by atoms with Gasteiger partial charge in [-0.15, -0.1) is 0 Å². The molecule has 0 aromatic heterocycles. The molecule has 0 aliphatic heterocycles. The molecule has 0 saturated carbocycles. The van der Waals surface area contributed by atoms with Crippen molar-refractivity contribution in [1.82, 2.24) is 4.90 Å². The van der Waals surface area contributed by atoms with E-state index < -0.39 is 0 Å². The Kier molecular flexibility index (Phi) is 7.63. The normalized spacial score (nSPS) is 9.64. The van der Waals surface area contributed by atoms with Crippen molar-refractivity contribution in [3.05, 3.63) is 41.6 Å². The number of hydrogen-bond donors (Lipinski definition) is 0. The van der Waals surface area contributed by atoms with Crippen molar-refractivity contribution in [3.8, 4) is 17.9 Å². The summed E-state index contributed by atoms with van der Waals surface area (Å²) in [5.41, 5.74) is 0.668. The number of nitriles is 2. The standard InChI is InChI=1S/C16H18N4O2/c1-20(2)16(14(12-17)13-18)8-9-19-22-11-10-21-15-6-4-3-5-7-15/h3-7,9H,8,10-11H2,1-2H3/b19-9+. The van der Waals surface area contributed by atoms with Gasteiger partial charge in [-0.2, -0.15) is 10.5 Å². The zero-order valence-corrected chi connectivity index (χ0v) is 12.7. The third kappa shape index (κ3) is 5.98. The summed E-state index contributed by atoms with van der Waals surface area (Å²) >= 11 is 0. The second-order valence-electron chi connectivity index (χ2n) is 4.43. The van der Waals surface area contributed by atoms with E-state index in [0.717, 1.165) is 5.75 Å². The van der Waals surface area contributed by atoms with Crippen molar-refractivity contribution in [1.29, 1.82) is 10.5 Å². The van der Waals surface area contributed by atoms with Gasteiger partial charge in [0.15, 0.2) is 6.61 Å². The highest BCUT2D eigenvalue weighted by Gasteiger charge is 2.07. The van der Waals surface area contributed by atoms with Gasteiger partial charge in [-0.3, -0.25) is 0 Å². The van der Waals surface area contributed by atoms with Crippen molar-refractivity contribution in [2.24, 2.45) is 5.16 Å². The number of nitrogens with zero attached hydrogens (tertiary/aromatic N) is 4. The Morgan fingerprint density at radius 3 is 2.45 bits per heavy atom. The monoisotopic (exact) mass is 298 g/mol. The van der Waals surface area contributed by atoms with Crippen LogP contribution in [0.4, 0.5) is 0 Å².